The highest BCUT2D eigenvalue weighted by Crippen LogP contribution is 2.17. The van der Waals surface area contributed by atoms with Crippen molar-refractivity contribution in [2.45, 2.75) is 72.8 Å². The van der Waals surface area contributed by atoms with Gasteiger partial charge in [0.25, 0.3) is 0 Å². The van der Waals surface area contributed by atoms with Gasteiger partial charge in [-0.25, -0.2) is 9.59 Å². The number of hydrogen-bond acceptors (Lipinski definition) is 9. The Morgan fingerprint density at radius 2 is 0.940 bits per heavy atom. The molecule has 0 bridgehead atoms. The predicted molar refractivity (Wildman–Crippen MR) is 186 cm³/mol. The Hall–Kier alpha value is -5.14. The molecule has 2 aromatic rings. The van der Waals surface area contributed by atoms with E-state index in [2.05, 4.69) is 0 Å². The average molecular weight is 701 g/mol. The van der Waals surface area contributed by atoms with Crippen LogP contribution in [-0.2, 0) is 46.6 Å². The summed E-state index contributed by atoms with van der Waals surface area (Å²) in [5.74, 6) is -2.44. The van der Waals surface area contributed by atoms with Gasteiger partial charge in [-0.1, -0.05) is 60.7 Å². The first-order valence-electron chi connectivity index (χ1n) is 16.1. The predicted octanol–water partition coefficient (Wildman–Crippen LogP) is 4.41. The first-order chi connectivity index (χ1) is 23.3. The summed E-state index contributed by atoms with van der Waals surface area (Å²) in [5, 5.41) is 8.75. The van der Waals surface area contributed by atoms with Crippen LogP contribution in [0, 0.1) is 0 Å². The van der Waals surface area contributed by atoms with E-state index in [1.807, 2.05) is 81.4 Å². The second-order valence-electron chi connectivity index (χ2n) is 13.3. The number of amides is 4. The minimum absolute atomic E-state index is 0.103. The zero-order valence-electron chi connectivity index (χ0n) is 30.6. The molecule has 2 aromatic carbocycles. The maximum atomic E-state index is 12.5. The topological polar surface area (TPSA) is 163 Å². The lowest BCUT2D eigenvalue weighted by Gasteiger charge is -2.35. The number of carbonyl (C=O) groups excluding carboxylic acids is 5. The fourth-order valence-corrected chi connectivity index (χ4v) is 4.04. The minimum atomic E-state index is -1.11. The Balaban J connectivity index is 0.000000502. The van der Waals surface area contributed by atoms with Gasteiger partial charge in [0.15, 0.2) is 0 Å². The minimum Gasteiger partial charge on any atom is -0.480 e. The Morgan fingerprint density at radius 3 is 1.26 bits per heavy atom. The summed E-state index contributed by atoms with van der Waals surface area (Å²) in [6.07, 6.45) is -1.21. The van der Waals surface area contributed by atoms with E-state index in [1.54, 1.807) is 27.7 Å². The molecule has 276 valence electrons. The van der Waals surface area contributed by atoms with Crippen molar-refractivity contribution >= 4 is 35.9 Å². The number of benzene rings is 2. The number of esters is 1. The van der Waals surface area contributed by atoms with Gasteiger partial charge < -0.3 is 29.1 Å². The van der Waals surface area contributed by atoms with Crippen LogP contribution < -0.4 is 0 Å². The van der Waals surface area contributed by atoms with Crippen LogP contribution in [0.15, 0.2) is 60.7 Å². The Labute approximate surface area is 294 Å². The summed E-state index contributed by atoms with van der Waals surface area (Å²) in [6, 6.07) is 18.5. The highest BCUT2D eigenvalue weighted by atomic mass is 16.6. The molecule has 0 radical (unpaired) electrons. The van der Waals surface area contributed by atoms with Crippen LogP contribution >= 0.6 is 0 Å². The third kappa shape index (κ3) is 16.3. The Kier molecular flexibility index (Phi) is 17.5. The SMILES string of the molecule is CCOC(=O)CN(C)C(=O)CN(C(=O)OCc1ccccc1)C(C)(C)C.CN(CC(=O)O)C(=O)CN(C(=O)OCc1ccccc1)C(C)(C)C. The zero-order valence-corrected chi connectivity index (χ0v) is 30.6. The van der Waals surface area contributed by atoms with Crippen LogP contribution in [0.4, 0.5) is 9.59 Å². The third-order valence-electron chi connectivity index (χ3n) is 6.95. The van der Waals surface area contributed by atoms with E-state index in [0.29, 0.717) is 0 Å². The highest BCUT2D eigenvalue weighted by molar-refractivity contribution is 5.86. The van der Waals surface area contributed by atoms with E-state index in [-0.39, 0.29) is 45.4 Å². The van der Waals surface area contributed by atoms with Gasteiger partial charge in [0, 0.05) is 25.2 Å². The van der Waals surface area contributed by atoms with Gasteiger partial charge in [0.2, 0.25) is 11.8 Å². The molecule has 0 aromatic heterocycles. The number of hydrogen-bond donors (Lipinski definition) is 1. The summed E-state index contributed by atoms with van der Waals surface area (Å²) in [4.78, 5) is 76.5. The standard InChI is InChI=1S/C19H28N2O5.C17H24N2O5/c1-6-25-17(23)13-20(5)16(22)12-21(19(2,3)4)18(24)26-14-15-10-8-7-9-11-15;1-17(2,3)19(10-14(20)18(4)11-15(21)22)16(23)24-12-13-8-6-5-7-9-13/h7-11H,6,12-14H2,1-5H3;5-9H,10-12H2,1-4H3,(H,21,22). The summed E-state index contributed by atoms with van der Waals surface area (Å²) < 4.78 is 15.5. The average Bonchev–Trinajstić information content (AvgIpc) is 3.03. The molecule has 0 saturated heterocycles. The van der Waals surface area contributed by atoms with Crippen molar-refractivity contribution in [1.29, 1.82) is 0 Å². The molecule has 2 rings (SSSR count). The lowest BCUT2D eigenvalue weighted by molar-refractivity contribution is -0.148. The monoisotopic (exact) mass is 700 g/mol. The van der Waals surface area contributed by atoms with Crippen molar-refractivity contribution in [3.63, 3.8) is 0 Å². The lowest BCUT2D eigenvalue weighted by Crippen LogP contribution is -2.51. The number of carboxylic acid groups (broad SMARTS) is 1. The van der Waals surface area contributed by atoms with Crippen molar-refractivity contribution < 1.29 is 48.1 Å². The fourth-order valence-electron chi connectivity index (χ4n) is 4.04. The number of carbonyl (C=O) groups is 6. The van der Waals surface area contributed by atoms with Gasteiger partial charge in [-0.3, -0.25) is 29.0 Å². The number of likely N-dealkylation sites (N-methyl/N-ethyl adjacent to an activating group) is 2. The number of nitrogens with zero attached hydrogens (tertiary/aromatic N) is 4. The normalized spacial score (nSPS) is 10.8. The molecule has 4 amide bonds. The van der Waals surface area contributed by atoms with Crippen LogP contribution in [0.5, 0.6) is 0 Å². The highest BCUT2D eigenvalue weighted by Gasteiger charge is 2.32. The molecule has 0 spiro atoms. The second kappa shape index (κ2) is 20.4. The molecule has 1 N–H and O–H groups in total. The van der Waals surface area contributed by atoms with Crippen LogP contribution in [-0.4, -0.2) is 119 Å². The molecule has 0 fully saturated rings. The maximum Gasteiger partial charge on any atom is 0.411 e. The molecular weight excluding hydrogens is 648 g/mol. The van der Waals surface area contributed by atoms with Crippen LogP contribution in [0.2, 0.25) is 0 Å². The van der Waals surface area contributed by atoms with Crippen molar-refractivity contribution in [2.75, 3.05) is 46.9 Å². The maximum absolute atomic E-state index is 12.5. The number of ether oxygens (including phenoxy) is 3. The Morgan fingerprint density at radius 1 is 0.580 bits per heavy atom. The van der Waals surface area contributed by atoms with E-state index in [0.717, 1.165) is 16.0 Å². The lowest BCUT2D eigenvalue weighted by atomic mass is 10.1. The largest absolute Gasteiger partial charge is 0.480 e. The van der Waals surface area contributed by atoms with E-state index in [4.69, 9.17) is 19.3 Å². The van der Waals surface area contributed by atoms with E-state index in [1.165, 1.54) is 28.8 Å². The molecule has 0 heterocycles. The van der Waals surface area contributed by atoms with Crippen molar-refractivity contribution in [3.8, 4) is 0 Å². The number of aliphatic carboxylic acids is 1. The molecule has 0 aliphatic heterocycles. The molecule has 0 unspecified atom stereocenters. The van der Waals surface area contributed by atoms with Crippen molar-refractivity contribution in [3.05, 3.63) is 71.8 Å². The molecule has 0 aliphatic carbocycles. The van der Waals surface area contributed by atoms with Gasteiger partial charge in [-0.2, -0.15) is 0 Å². The molecule has 50 heavy (non-hydrogen) atoms. The number of carboxylic acids is 1. The molecule has 14 nitrogen and oxygen atoms in total. The van der Waals surface area contributed by atoms with Gasteiger partial charge in [-0.05, 0) is 59.6 Å². The molecule has 0 aliphatic rings. The van der Waals surface area contributed by atoms with Gasteiger partial charge in [0.1, 0.15) is 39.4 Å². The van der Waals surface area contributed by atoms with Crippen molar-refractivity contribution in [1.82, 2.24) is 19.6 Å². The Bertz CT molecular complexity index is 1410. The summed E-state index contributed by atoms with van der Waals surface area (Å²) in [6.45, 7) is 11.9. The summed E-state index contributed by atoms with van der Waals surface area (Å²) in [7, 11) is 2.88. The fraction of sp³-hybridized carbons (Fsp3) is 0.500. The first-order valence-corrected chi connectivity index (χ1v) is 16.1. The quantitative estimate of drug-likeness (QED) is 0.234. The smallest absolute Gasteiger partial charge is 0.411 e. The van der Waals surface area contributed by atoms with E-state index < -0.39 is 47.7 Å². The third-order valence-corrected chi connectivity index (χ3v) is 6.95. The van der Waals surface area contributed by atoms with Crippen LogP contribution in [0.1, 0.15) is 59.6 Å². The van der Waals surface area contributed by atoms with Gasteiger partial charge in [-0.15, -0.1) is 0 Å². The second-order valence-corrected chi connectivity index (χ2v) is 13.3. The summed E-state index contributed by atoms with van der Waals surface area (Å²) >= 11 is 0. The van der Waals surface area contributed by atoms with Gasteiger partial charge in [0.05, 0.1) is 6.61 Å². The molecule has 14 heteroatoms. The molecule has 0 atom stereocenters. The molecular formula is C36H52N4O10. The zero-order chi connectivity index (χ0) is 38.1. The van der Waals surface area contributed by atoms with Crippen molar-refractivity contribution in [2.24, 2.45) is 0 Å². The van der Waals surface area contributed by atoms with Gasteiger partial charge >= 0.3 is 24.1 Å². The van der Waals surface area contributed by atoms with Crippen LogP contribution in [0.3, 0.4) is 0 Å². The van der Waals surface area contributed by atoms with E-state index >= 15 is 0 Å². The van der Waals surface area contributed by atoms with Crippen LogP contribution in [0.25, 0.3) is 0 Å². The number of rotatable bonds is 13. The first kappa shape index (κ1) is 42.9. The van der Waals surface area contributed by atoms with E-state index in [9.17, 15) is 28.8 Å². The molecule has 0 saturated carbocycles. The summed E-state index contributed by atoms with van der Waals surface area (Å²) in [5.41, 5.74) is 0.441.